The van der Waals surface area contributed by atoms with Gasteiger partial charge in [0.15, 0.2) is 5.60 Å². The maximum atomic E-state index is 13.3. The molecule has 2 aliphatic heterocycles. The Bertz CT molecular complexity index is 1170. The van der Waals surface area contributed by atoms with Gasteiger partial charge in [0.1, 0.15) is 5.75 Å². The molecule has 11 heteroatoms. The quantitative estimate of drug-likeness (QED) is 0.527. The first kappa shape index (κ1) is 24.6. The number of benzene rings is 2. The van der Waals surface area contributed by atoms with Gasteiger partial charge < -0.3 is 30.2 Å². The fourth-order valence-electron chi connectivity index (χ4n) is 4.29. The van der Waals surface area contributed by atoms with Crippen LogP contribution in [0.25, 0.3) is 5.57 Å². The summed E-state index contributed by atoms with van der Waals surface area (Å²) >= 11 is 0. The van der Waals surface area contributed by atoms with Crippen molar-refractivity contribution >= 4 is 28.9 Å². The maximum Gasteiger partial charge on any atom is 0.416 e. The Kier molecular flexibility index (Phi) is 6.73. The van der Waals surface area contributed by atoms with E-state index in [0.29, 0.717) is 28.1 Å². The Morgan fingerprint density at radius 3 is 2.63 bits per heavy atom. The van der Waals surface area contributed by atoms with Crippen LogP contribution < -0.4 is 20.7 Å². The molecule has 186 valence electrons. The van der Waals surface area contributed by atoms with Crippen molar-refractivity contribution in [1.29, 1.82) is 0 Å². The fourth-order valence-corrected chi connectivity index (χ4v) is 4.29. The highest BCUT2D eigenvalue weighted by Gasteiger charge is 2.41. The predicted molar refractivity (Wildman–Crippen MR) is 122 cm³/mol. The van der Waals surface area contributed by atoms with E-state index in [9.17, 15) is 22.8 Å². The van der Waals surface area contributed by atoms with Crippen LogP contribution in [0.1, 0.15) is 23.1 Å². The number of carbonyl (C=O) groups is 2. The van der Waals surface area contributed by atoms with E-state index in [1.165, 1.54) is 26.4 Å². The van der Waals surface area contributed by atoms with Crippen molar-refractivity contribution < 1.29 is 37.0 Å². The van der Waals surface area contributed by atoms with E-state index in [0.717, 1.165) is 12.1 Å². The molecule has 0 fully saturated rings. The molecule has 2 heterocycles. The van der Waals surface area contributed by atoms with E-state index in [1.54, 1.807) is 18.2 Å². The van der Waals surface area contributed by atoms with Crippen LogP contribution in [0.15, 0.2) is 42.5 Å². The summed E-state index contributed by atoms with van der Waals surface area (Å²) in [5.74, 6) is -0.495. The van der Waals surface area contributed by atoms with Gasteiger partial charge in [0.2, 0.25) is 5.91 Å². The highest BCUT2D eigenvalue weighted by atomic mass is 19.4. The van der Waals surface area contributed by atoms with Crippen LogP contribution in [-0.4, -0.2) is 45.0 Å². The lowest BCUT2D eigenvalue weighted by molar-refractivity contribution is -0.138. The Labute approximate surface area is 199 Å². The molecule has 0 saturated carbocycles. The largest absolute Gasteiger partial charge is 0.481 e. The van der Waals surface area contributed by atoms with Gasteiger partial charge in [0, 0.05) is 55.8 Å². The summed E-state index contributed by atoms with van der Waals surface area (Å²) in [6, 6.07) is 7.94. The fraction of sp³-hybridized carbons (Fsp3) is 0.333. The van der Waals surface area contributed by atoms with Crippen molar-refractivity contribution in [2.24, 2.45) is 0 Å². The molecule has 2 aromatic carbocycles. The summed E-state index contributed by atoms with van der Waals surface area (Å²) in [7, 11) is 2.90. The second kappa shape index (κ2) is 9.59. The zero-order chi connectivity index (χ0) is 25.2. The van der Waals surface area contributed by atoms with Gasteiger partial charge >= 0.3 is 12.2 Å². The highest BCUT2D eigenvalue weighted by Crippen LogP contribution is 2.43. The number of halogens is 3. The Morgan fingerprint density at radius 2 is 1.94 bits per heavy atom. The van der Waals surface area contributed by atoms with Gasteiger partial charge in [-0.1, -0.05) is 12.1 Å². The number of rotatable bonds is 6. The van der Waals surface area contributed by atoms with Crippen LogP contribution in [0.3, 0.4) is 0 Å². The van der Waals surface area contributed by atoms with E-state index < -0.39 is 23.2 Å². The Hall–Kier alpha value is -3.57. The van der Waals surface area contributed by atoms with Crippen molar-refractivity contribution in [3.63, 3.8) is 0 Å². The van der Waals surface area contributed by atoms with Crippen LogP contribution in [0.2, 0.25) is 0 Å². The molecule has 0 spiro atoms. The normalized spacial score (nSPS) is 17.5. The summed E-state index contributed by atoms with van der Waals surface area (Å²) in [6.45, 7) is 0.302. The molecule has 0 saturated heterocycles. The average molecular weight is 491 g/mol. The summed E-state index contributed by atoms with van der Waals surface area (Å²) in [4.78, 5) is 24.6. The molecule has 0 radical (unpaired) electrons. The van der Waals surface area contributed by atoms with Crippen molar-refractivity contribution in [3.05, 3.63) is 59.2 Å². The maximum absolute atomic E-state index is 13.3. The average Bonchev–Trinajstić information content (AvgIpc) is 2.78. The van der Waals surface area contributed by atoms with Gasteiger partial charge in [0.05, 0.1) is 18.8 Å². The minimum Gasteiger partial charge on any atom is -0.481 e. The molecule has 0 bridgehead atoms. The minimum atomic E-state index is -4.56. The lowest BCUT2D eigenvalue weighted by Gasteiger charge is -2.39. The molecular weight excluding hydrogens is 467 g/mol. The van der Waals surface area contributed by atoms with E-state index in [1.807, 2.05) is 0 Å². The topological polar surface area (TPSA) is 97.9 Å². The number of anilines is 2. The lowest BCUT2D eigenvalue weighted by Crippen LogP contribution is -2.47. The molecule has 2 aliphatic rings. The minimum absolute atomic E-state index is 0.0109. The van der Waals surface area contributed by atoms with Crippen molar-refractivity contribution in [3.8, 4) is 5.75 Å². The van der Waals surface area contributed by atoms with E-state index in [4.69, 9.17) is 14.2 Å². The number of ether oxygens (including phenoxy) is 3. The first-order chi connectivity index (χ1) is 16.6. The third kappa shape index (κ3) is 5.25. The number of alkyl halides is 3. The number of nitrogens with one attached hydrogen (secondary N) is 3. The highest BCUT2D eigenvalue weighted by molar-refractivity contribution is 6.06. The number of hydrogen-bond donors (Lipinski definition) is 3. The molecule has 0 unspecified atom stereocenters. The molecule has 0 aromatic heterocycles. The summed E-state index contributed by atoms with van der Waals surface area (Å²) in [5, 5.41) is 8.12. The van der Waals surface area contributed by atoms with Crippen LogP contribution in [0.4, 0.5) is 29.3 Å². The van der Waals surface area contributed by atoms with Gasteiger partial charge in [-0.05, 0) is 29.8 Å². The molecule has 3 amide bonds. The van der Waals surface area contributed by atoms with Crippen LogP contribution in [-0.2, 0) is 27.0 Å². The van der Waals surface area contributed by atoms with Gasteiger partial charge in [-0.3, -0.25) is 4.79 Å². The number of amides is 3. The van der Waals surface area contributed by atoms with Gasteiger partial charge in [-0.25, -0.2) is 4.79 Å². The molecule has 0 aliphatic carbocycles. The number of fused-ring (bicyclic) bond motifs is 2. The predicted octanol–water partition coefficient (Wildman–Crippen LogP) is 4.18. The summed E-state index contributed by atoms with van der Waals surface area (Å²) < 4.78 is 56.6. The Morgan fingerprint density at radius 1 is 1.20 bits per heavy atom. The molecular formula is C24H24F3N3O5. The SMILES string of the molecule is COCC1(COC)C/C(=C\C(=O)Nc2cccc3c2CNC(=O)N3)c2ccc(C(F)(F)F)cc2O1. The first-order valence-electron chi connectivity index (χ1n) is 10.7. The van der Waals surface area contributed by atoms with Crippen LogP contribution in [0, 0.1) is 0 Å². The number of hydrogen-bond acceptors (Lipinski definition) is 5. The van der Waals surface area contributed by atoms with E-state index >= 15 is 0 Å². The smallest absolute Gasteiger partial charge is 0.416 e. The number of methoxy groups -OCH3 is 2. The van der Waals surface area contributed by atoms with Crippen molar-refractivity contribution in [2.75, 3.05) is 38.1 Å². The number of urea groups is 1. The monoisotopic (exact) mass is 491 g/mol. The van der Waals surface area contributed by atoms with Crippen molar-refractivity contribution in [1.82, 2.24) is 5.32 Å². The zero-order valence-corrected chi connectivity index (χ0v) is 19.0. The van der Waals surface area contributed by atoms with Gasteiger partial charge in [-0.15, -0.1) is 0 Å². The van der Waals surface area contributed by atoms with E-state index in [2.05, 4.69) is 16.0 Å². The van der Waals surface area contributed by atoms with Crippen molar-refractivity contribution in [2.45, 2.75) is 24.7 Å². The summed E-state index contributed by atoms with van der Waals surface area (Å²) in [5.41, 5.74) is 0.645. The lowest BCUT2D eigenvalue weighted by atomic mass is 9.86. The molecule has 4 rings (SSSR count). The third-order valence-corrected chi connectivity index (χ3v) is 5.72. The number of carbonyl (C=O) groups excluding carboxylic acids is 2. The molecule has 35 heavy (non-hydrogen) atoms. The molecule has 0 atom stereocenters. The second-order valence-corrected chi connectivity index (χ2v) is 8.33. The zero-order valence-electron chi connectivity index (χ0n) is 19.0. The molecule has 3 N–H and O–H groups in total. The van der Waals surface area contributed by atoms with Crippen LogP contribution >= 0.6 is 0 Å². The second-order valence-electron chi connectivity index (χ2n) is 8.33. The standard InChI is InChI=1S/C24H24F3N3O5/c1-33-12-23(13-34-2)10-14(16-7-6-15(24(25,26)27)9-20(16)35-23)8-21(31)29-18-4-3-5-19-17(18)11-28-22(32)30-19/h3-9H,10-13H2,1-2H3,(H,29,31)(H2,28,30,32)/b14-8+. The van der Waals surface area contributed by atoms with E-state index in [-0.39, 0.29) is 38.0 Å². The van der Waals surface area contributed by atoms with Crippen LogP contribution in [0.5, 0.6) is 5.75 Å². The van der Waals surface area contributed by atoms with Gasteiger partial charge in [-0.2, -0.15) is 13.2 Å². The third-order valence-electron chi connectivity index (χ3n) is 5.72. The molecule has 8 nitrogen and oxygen atoms in total. The first-order valence-corrected chi connectivity index (χ1v) is 10.7. The Balaban J connectivity index is 1.70. The molecule has 2 aromatic rings. The van der Waals surface area contributed by atoms with Gasteiger partial charge in [0.25, 0.3) is 0 Å². The summed E-state index contributed by atoms with van der Waals surface area (Å²) in [6.07, 6.45) is -3.05.